The van der Waals surface area contributed by atoms with Crippen molar-refractivity contribution < 1.29 is 8.78 Å². The summed E-state index contributed by atoms with van der Waals surface area (Å²) in [6.07, 6.45) is 1.81. The Morgan fingerprint density at radius 2 is 1.87 bits per heavy atom. The summed E-state index contributed by atoms with van der Waals surface area (Å²) in [6.45, 7) is 0.234. The predicted octanol–water partition coefficient (Wildman–Crippen LogP) is 2.99. The van der Waals surface area contributed by atoms with Gasteiger partial charge in [-0.05, 0) is 36.1 Å². The Kier molecular flexibility index (Phi) is 6.92. The zero-order chi connectivity index (χ0) is 10.4. The van der Waals surface area contributed by atoms with Crippen LogP contribution in [0.2, 0.25) is 0 Å². The van der Waals surface area contributed by atoms with Gasteiger partial charge in [0.25, 0.3) is 0 Å². The molecule has 1 nitrogen and oxygen atoms in total. The molecule has 0 radical (unpaired) electrons. The van der Waals surface area contributed by atoms with Crippen molar-refractivity contribution in [2.24, 2.45) is 5.73 Å². The molecule has 1 aromatic rings. The smallest absolute Gasteiger partial charge is 0.123 e. The van der Waals surface area contributed by atoms with Crippen molar-refractivity contribution in [1.82, 2.24) is 0 Å². The Hall–Kier alpha value is -0.930. The Morgan fingerprint density at radius 1 is 1.27 bits per heavy atom. The molecule has 0 aliphatic carbocycles. The molecule has 0 saturated heterocycles. The normalized spacial score (nSPS) is 11.0. The summed E-state index contributed by atoms with van der Waals surface area (Å²) < 4.78 is 24.6. The highest BCUT2D eigenvalue weighted by molar-refractivity contribution is 5.85. The highest BCUT2D eigenvalue weighted by Gasteiger charge is 1.97. The molecule has 0 saturated carbocycles. The first kappa shape index (κ1) is 14.1. The van der Waals surface area contributed by atoms with E-state index in [4.69, 9.17) is 5.73 Å². The van der Waals surface area contributed by atoms with Crippen molar-refractivity contribution in [3.05, 3.63) is 47.5 Å². The maximum absolute atomic E-state index is 12.5. The molecule has 0 amide bonds. The van der Waals surface area contributed by atoms with Crippen LogP contribution in [0.25, 0.3) is 0 Å². The van der Waals surface area contributed by atoms with Gasteiger partial charge >= 0.3 is 0 Å². The van der Waals surface area contributed by atoms with Crippen molar-refractivity contribution in [3.63, 3.8) is 0 Å². The van der Waals surface area contributed by atoms with E-state index in [1.165, 1.54) is 12.1 Å². The largest absolute Gasteiger partial charge is 0.327 e. The van der Waals surface area contributed by atoms with E-state index >= 15 is 0 Å². The minimum atomic E-state index is -0.256. The Morgan fingerprint density at radius 3 is 2.33 bits per heavy atom. The first-order chi connectivity index (χ1) is 6.76. The van der Waals surface area contributed by atoms with Gasteiger partial charge in [-0.3, -0.25) is 0 Å². The molecule has 84 valence electrons. The fourth-order valence-corrected chi connectivity index (χ4v) is 1.16. The molecule has 1 aromatic carbocycles. The van der Waals surface area contributed by atoms with E-state index in [2.05, 4.69) is 0 Å². The van der Waals surface area contributed by atoms with Crippen molar-refractivity contribution in [3.8, 4) is 0 Å². The van der Waals surface area contributed by atoms with Gasteiger partial charge in [0.05, 0.1) is 6.33 Å². The first-order valence-corrected chi connectivity index (χ1v) is 4.49. The number of aryl methyl sites for hydroxylation is 1. The lowest BCUT2D eigenvalue weighted by atomic mass is 10.1. The molecule has 0 spiro atoms. The summed E-state index contributed by atoms with van der Waals surface area (Å²) in [5.74, 6) is -0.256. The molecule has 15 heavy (non-hydrogen) atoms. The number of halogens is 3. The third-order valence-electron chi connectivity index (χ3n) is 2.06. The third kappa shape index (κ3) is 4.91. The number of rotatable bonds is 4. The fourth-order valence-electron chi connectivity index (χ4n) is 1.16. The summed E-state index contributed by atoms with van der Waals surface area (Å²) in [6, 6.07) is 6.19. The molecule has 1 rings (SSSR count). The van der Waals surface area contributed by atoms with Crippen LogP contribution in [0.5, 0.6) is 0 Å². The topological polar surface area (TPSA) is 26.0 Å². The molecular weight excluding hydrogens is 220 g/mol. The number of benzene rings is 1. The van der Waals surface area contributed by atoms with Gasteiger partial charge in [-0.15, -0.1) is 12.4 Å². The summed E-state index contributed by atoms with van der Waals surface area (Å²) in [4.78, 5) is 0. The van der Waals surface area contributed by atoms with E-state index < -0.39 is 0 Å². The van der Waals surface area contributed by atoms with E-state index in [-0.39, 0.29) is 24.8 Å². The molecule has 0 heterocycles. The van der Waals surface area contributed by atoms with E-state index in [1.807, 2.05) is 0 Å². The number of hydrogen-bond donors (Lipinski definition) is 1. The predicted molar refractivity (Wildman–Crippen MR) is 60.2 cm³/mol. The van der Waals surface area contributed by atoms with Gasteiger partial charge < -0.3 is 5.73 Å². The Bertz CT molecular complexity index is 309. The highest BCUT2D eigenvalue weighted by atomic mass is 35.5. The van der Waals surface area contributed by atoms with Crippen LogP contribution in [0.3, 0.4) is 0 Å². The third-order valence-corrected chi connectivity index (χ3v) is 2.06. The van der Waals surface area contributed by atoms with Crippen molar-refractivity contribution in [2.45, 2.75) is 12.8 Å². The van der Waals surface area contributed by atoms with Crippen LogP contribution in [0.15, 0.2) is 36.2 Å². The second-order valence-electron chi connectivity index (χ2n) is 3.10. The van der Waals surface area contributed by atoms with Gasteiger partial charge in [-0.25, -0.2) is 8.78 Å². The average Bonchev–Trinajstić information content (AvgIpc) is 2.22. The zero-order valence-electron chi connectivity index (χ0n) is 8.25. The maximum atomic E-state index is 12.5. The fraction of sp³-hybridized carbons (Fsp3) is 0.273. The molecule has 0 atom stereocenters. The molecule has 0 aliphatic rings. The van der Waals surface area contributed by atoms with E-state index in [9.17, 15) is 8.78 Å². The number of hydrogen-bond acceptors (Lipinski definition) is 1. The van der Waals surface area contributed by atoms with Gasteiger partial charge in [-0.1, -0.05) is 12.1 Å². The lowest BCUT2D eigenvalue weighted by Gasteiger charge is -2.02. The summed E-state index contributed by atoms with van der Waals surface area (Å²) >= 11 is 0. The van der Waals surface area contributed by atoms with Crippen molar-refractivity contribution >= 4 is 12.4 Å². The molecule has 2 N–H and O–H groups in total. The lowest BCUT2D eigenvalue weighted by Crippen LogP contribution is -2.03. The summed E-state index contributed by atoms with van der Waals surface area (Å²) in [5.41, 5.74) is 6.87. The number of nitrogens with two attached hydrogens (primary N) is 1. The van der Waals surface area contributed by atoms with E-state index in [1.54, 1.807) is 12.1 Å². The lowest BCUT2D eigenvalue weighted by molar-refractivity contribution is 0.626. The minimum absolute atomic E-state index is 0. The van der Waals surface area contributed by atoms with Gasteiger partial charge in [0.2, 0.25) is 0 Å². The molecule has 4 heteroatoms. The molecular formula is C11H14ClF2N. The van der Waals surface area contributed by atoms with Gasteiger partial charge in [0.15, 0.2) is 0 Å². The summed E-state index contributed by atoms with van der Waals surface area (Å²) in [7, 11) is 0. The molecule has 0 bridgehead atoms. The van der Waals surface area contributed by atoms with Crippen molar-refractivity contribution in [2.75, 3.05) is 6.54 Å². The molecule has 0 aliphatic heterocycles. The molecule has 0 aromatic heterocycles. The Labute approximate surface area is 94.4 Å². The SMILES string of the molecule is Cl.NC/C(=C\F)CCc1ccc(F)cc1. The van der Waals surface area contributed by atoms with Crippen LogP contribution in [-0.4, -0.2) is 6.54 Å². The minimum Gasteiger partial charge on any atom is -0.327 e. The van der Waals surface area contributed by atoms with Crippen LogP contribution >= 0.6 is 12.4 Å². The monoisotopic (exact) mass is 233 g/mol. The average molecular weight is 234 g/mol. The quantitative estimate of drug-likeness (QED) is 0.850. The molecule has 0 unspecified atom stereocenters. The Balaban J connectivity index is 0.00000196. The van der Waals surface area contributed by atoms with Gasteiger partial charge in [-0.2, -0.15) is 0 Å². The van der Waals surface area contributed by atoms with Crippen LogP contribution in [0, 0.1) is 5.82 Å². The highest BCUT2D eigenvalue weighted by Crippen LogP contribution is 2.09. The van der Waals surface area contributed by atoms with Crippen LogP contribution < -0.4 is 5.73 Å². The van der Waals surface area contributed by atoms with E-state index in [0.29, 0.717) is 24.7 Å². The van der Waals surface area contributed by atoms with Gasteiger partial charge in [0.1, 0.15) is 5.82 Å². The van der Waals surface area contributed by atoms with E-state index in [0.717, 1.165) is 5.56 Å². The summed E-state index contributed by atoms with van der Waals surface area (Å²) in [5, 5.41) is 0. The molecule has 0 fully saturated rings. The maximum Gasteiger partial charge on any atom is 0.123 e. The second-order valence-corrected chi connectivity index (χ2v) is 3.10. The zero-order valence-corrected chi connectivity index (χ0v) is 9.07. The van der Waals surface area contributed by atoms with Gasteiger partial charge in [0, 0.05) is 6.54 Å². The van der Waals surface area contributed by atoms with Crippen LogP contribution in [0.1, 0.15) is 12.0 Å². The van der Waals surface area contributed by atoms with Crippen molar-refractivity contribution in [1.29, 1.82) is 0 Å². The van der Waals surface area contributed by atoms with Crippen LogP contribution in [0.4, 0.5) is 8.78 Å². The van der Waals surface area contributed by atoms with Crippen LogP contribution in [-0.2, 0) is 6.42 Å². The standard InChI is InChI=1S/C11H13F2N.ClH/c12-7-10(8-14)2-1-9-3-5-11(13)6-4-9;/h3-7H,1-2,8,14H2;1H/b10-7-;. The first-order valence-electron chi connectivity index (χ1n) is 4.49. The second kappa shape index (κ2) is 7.37.